The Morgan fingerprint density at radius 1 is 1.26 bits per heavy atom. The lowest BCUT2D eigenvalue weighted by molar-refractivity contribution is -0.137. The maximum Gasteiger partial charge on any atom is 0.416 e. The van der Waals surface area contributed by atoms with Gasteiger partial charge in [0.25, 0.3) is 0 Å². The predicted octanol–water partition coefficient (Wildman–Crippen LogP) is 6.13. The molecule has 0 bridgehead atoms. The average molecular weight is 536 g/mol. The maximum atomic E-state index is 13.2. The van der Waals surface area contributed by atoms with Crippen molar-refractivity contribution in [2.75, 3.05) is 23.4 Å². The highest BCUT2D eigenvalue weighted by Crippen LogP contribution is 2.44. The summed E-state index contributed by atoms with van der Waals surface area (Å²) in [5.74, 6) is 0.0713. The fraction of sp³-hybridized carbons (Fsp3) is 0.250. The lowest BCUT2D eigenvalue weighted by atomic mass is 10.1. The van der Waals surface area contributed by atoms with Gasteiger partial charge in [-0.05, 0) is 58.2 Å². The van der Waals surface area contributed by atoms with Gasteiger partial charge in [-0.1, -0.05) is 24.3 Å². The first-order valence-corrected chi connectivity index (χ1v) is 11.2. The summed E-state index contributed by atoms with van der Waals surface area (Å²) in [5.41, 5.74) is 1.51. The Kier molecular flexibility index (Phi) is 6.70. The predicted molar refractivity (Wildman–Crippen MR) is 125 cm³/mol. The van der Waals surface area contributed by atoms with E-state index >= 15 is 0 Å². The molecule has 0 aliphatic carbocycles. The molecule has 0 saturated heterocycles. The number of hydrogen-bond acceptors (Lipinski definition) is 5. The molecule has 178 valence electrons. The minimum absolute atomic E-state index is 0.191. The van der Waals surface area contributed by atoms with Gasteiger partial charge in [0.15, 0.2) is 11.6 Å². The topological polar surface area (TPSA) is 74.7 Å². The molecule has 0 spiro atoms. The Hall–Kier alpha value is -3.27. The van der Waals surface area contributed by atoms with Crippen molar-refractivity contribution in [1.82, 2.24) is 4.98 Å². The third kappa shape index (κ3) is 5.11. The second kappa shape index (κ2) is 9.54. The van der Waals surface area contributed by atoms with Crippen molar-refractivity contribution in [3.63, 3.8) is 0 Å². The summed E-state index contributed by atoms with van der Waals surface area (Å²) in [7, 11) is 0. The molecular weight excluding hydrogens is 515 g/mol. The minimum Gasteiger partial charge on any atom is -0.488 e. The number of hydrogen-bond donors (Lipinski definition) is 2. The second-order valence-corrected chi connectivity index (χ2v) is 8.75. The maximum absolute atomic E-state index is 13.2. The van der Waals surface area contributed by atoms with E-state index in [0.29, 0.717) is 40.4 Å². The number of carboxylic acids is 1. The number of nitrogens with one attached hydrogen (secondary N) is 1. The third-order valence-corrected chi connectivity index (χ3v) is 6.09. The number of nitrogens with zero attached hydrogens (tertiary/aromatic N) is 2. The van der Waals surface area contributed by atoms with Crippen LogP contribution in [0.3, 0.4) is 0 Å². The Balaban J connectivity index is 1.63. The van der Waals surface area contributed by atoms with Crippen molar-refractivity contribution in [2.45, 2.75) is 25.7 Å². The van der Waals surface area contributed by atoms with Crippen molar-refractivity contribution >= 4 is 33.4 Å². The van der Waals surface area contributed by atoms with Crippen LogP contribution in [-0.2, 0) is 12.7 Å². The van der Waals surface area contributed by atoms with Gasteiger partial charge in [0.1, 0.15) is 12.3 Å². The van der Waals surface area contributed by atoms with Crippen molar-refractivity contribution in [2.24, 2.45) is 0 Å². The number of benzene rings is 2. The number of ether oxygens (including phenoxy) is 1. The number of pyridine rings is 1. The van der Waals surface area contributed by atoms with Crippen LogP contribution in [0.1, 0.15) is 40.0 Å². The molecule has 1 aromatic heterocycles. The van der Waals surface area contributed by atoms with Crippen LogP contribution in [0.2, 0.25) is 0 Å². The van der Waals surface area contributed by atoms with Gasteiger partial charge < -0.3 is 20.1 Å². The zero-order valence-electron chi connectivity index (χ0n) is 18.1. The molecule has 2 heterocycles. The first-order valence-electron chi connectivity index (χ1n) is 10.5. The van der Waals surface area contributed by atoms with Gasteiger partial charge in [0, 0.05) is 12.7 Å². The minimum atomic E-state index is -4.41. The highest BCUT2D eigenvalue weighted by molar-refractivity contribution is 9.10. The van der Waals surface area contributed by atoms with Crippen LogP contribution in [0.4, 0.5) is 24.7 Å². The summed E-state index contributed by atoms with van der Waals surface area (Å²) < 4.78 is 46.0. The average Bonchev–Trinajstić information content (AvgIpc) is 2.81. The summed E-state index contributed by atoms with van der Waals surface area (Å²) in [6, 6.07) is 11.6. The Labute approximate surface area is 202 Å². The van der Waals surface area contributed by atoms with Crippen LogP contribution in [0.15, 0.2) is 59.2 Å². The number of fused-ring (bicyclic) bond motifs is 1. The summed E-state index contributed by atoms with van der Waals surface area (Å²) >= 11 is 3.45. The van der Waals surface area contributed by atoms with Gasteiger partial charge in [-0.3, -0.25) is 0 Å². The van der Waals surface area contributed by atoms with E-state index < -0.39 is 17.7 Å². The van der Waals surface area contributed by atoms with E-state index in [1.54, 1.807) is 24.4 Å². The monoisotopic (exact) mass is 535 g/mol. The molecule has 10 heteroatoms. The van der Waals surface area contributed by atoms with Crippen molar-refractivity contribution in [1.29, 1.82) is 0 Å². The van der Waals surface area contributed by atoms with Crippen molar-refractivity contribution in [3.05, 3.63) is 81.5 Å². The molecule has 6 nitrogen and oxygen atoms in total. The van der Waals surface area contributed by atoms with Gasteiger partial charge in [-0.15, -0.1) is 0 Å². The molecule has 1 unspecified atom stereocenters. The van der Waals surface area contributed by atoms with Crippen molar-refractivity contribution < 1.29 is 27.8 Å². The normalized spacial score (nSPS) is 14.2. The molecule has 3 aromatic rings. The molecule has 1 aliphatic heterocycles. The van der Waals surface area contributed by atoms with Crippen LogP contribution in [-0.4, -0.2) is 29.2 Å². The van der Waals surface area contributed by atoms with Crippen LogP contribution < -0.4 is 15.0 Å². The molecule has 0 fully saturated rings. The Morgan fingerprint density at radius 2 is 2.00 bits per heavy atom. The van der Waals surface area contributed by atoms with Crippen LogP contribution in [0.25, 0.3) is 0 Å². The van der Waals surface area contributed by atoms with E-state index in [-0.39, 0.29) is 18.2 Å². The molecule has 0 saturated carbocycles. The first kappa shape index (κ1) is 23.9. The quantitative estimate of drug-likeness (QED) is 0.395. The molecule has 4 rings (SSSR count). The summed E-state index contributed by atoms with van der Waals surface area (Å²) in [6.45, 7) is 3.00. The number of alkyl halides is 3. The first-order chi connectivity index (χ1) is 16.1. The zero-order chi connectivity index (χ0) is 24.5. The van der Waals surface area contributed by atoms with Gasteiger partial charge in [-0.2, -0.15) is 13.2 Å². The van der Waals surface area contributed by atoms with Crippen LogP contribution in [0.5, 0.6) is 5.75 Å². The molecule has 2 aromatic carbocycles. The second-order valence-electron chi connectivity index (χ2n) is 7.89. The number of halogens is 4. The fourth-order valence-electron chi connectivity index (χ4n) is 3.79. The van der Waals surface area contributed by atoms with Crippen LogP contribution in [0, 0.1) is 0 Å². The van der Waals surface area contributed by atoms with E-state index in [4.69, 9.17) is 9.84 Å². The highest BCUT2D eigenvalue weighted by atomic mass is 79.9. The lowest BCUT2D eigenvalue weighted by Crippen LogP contribution is -2.33. The largest absolute Gasteiger partial charge is 0.488 e. The molecule has 2 N–H and O–H groups in total. The van der Waals surface area contributed by atoms with E-state index in [1.807, 2.05) is 11.8 Å². The van der Waals surface area contributed by atoms with Gasteiger partial charge >= 0.3 is 12.1 Å². The zero-order valence-corrected chi connectivity index (χ0v) is 19.7. The number of aromatic nitrogens is 1. The molecule has 1 aliphatic rings. The third-order valence-electron chi connectivity index (χ3n) is 5.53. The molecule has 0 amide bonds. The van der Waals surface area contributed by atoms with E-state index in [2.05, 4.69) is 26.2 Å². The van der Waals surface area contributed by atoms with Gasteiger partial charge in [-0.25, -0.2) is 9.78 Å². The van der Waals surface area contributed by atoms with Gasteiger partial charge in [0.2, 0.25) is 0 Å². The SMILES string of the molecule is CC(Nc1ncc(Br)c2c1N(Cc1cccc(C(F)(F)F)c1)CCO2)c1ccc(C(=O)O)cc1. The number of aromatic carboxylic acids is 1. The number of anilines is 2. The number of carboxylic acid groups (broad SMARTS) is 1. The standard InChI is InChI=1S/C24H21BrF3N3O3/c1-14(16-5-7-17(8-6-16)23(32)33)30-22-20-21(19(25)12-29-22)34-10-9-31(20)13-15-3-2-4-18(11-15)24(26,27)28/h2-8,11-12,14H,9-10,13H2,1H3,(H,29,30)(H,32,33). The molecular formula is C24H21BrF3N3O3. The van der Waals surface area contributed by atoms with Gasteiger partial charge in [0.05, 0.1) is 28.2 Å². The number of rotatable bonds is 6. The Bertz CT molecular complexity index is 1200. The number of carbonyl (C=O) groups is 1. The summed E-state index contributed by atoms with van der Waals surface area (Å²) in [4.78, 5) is 17.6. The molecule has 0 radical (unpaired) electrons. The summed E-state index contributed by atoms with van der Waals surface area (Å²) in [6.07, 6.45) is -2.81. The Morgan fingerprint density at radius 3 is 2.68 bits per heavy atom. The molecule has 34 heavy (non-hydrogen) atoms. The lowest BCUT2D eigenvalue weighted by Gasteiger charge is -2.34. The van der Waals surface area contributed by atoms with E-state index in [9.17, 15) is 18.0 Å². The summed E-state index contributed by atoms with van der Waals surface area (Å²) in [5, 5.41) is 12.4. The van der Waals surface area contributed by atoms with E-state index in [1.165, 1.54) is 18.2 Å². The molecule has 1 atom stereocenters. The van der Waals surface area contributed by atoms with Crippen molar-refractivity contribution in [3.8, 4) is 5.75 Å². The van der Waals surface area contributed by atoms with Crippen LogP contribution >= 0.6 is 15.9 Å². The van der Waals surface area contributed by atoms with E-state index in [0.717, 1.165) is 17.7 Å². The fourth-order valence-corrected chi connectivity index (χ4v) is 4.20. The highest BCUT2D eigenvalue weighted by Gasteiger charge is 2.31. The smallest absolute Gasteiger partial charge is 0.416 e.